The van der Waals surface area contributed by atoms with Crippen LogP contribution in [0.4, 0.5) is 11.4 Å². The highest BCUT2D eigenvalue weighted by atomic mass is 35.5. The Labute approximate surface area is 185 Å². The molecule has 4 rings (SSSR count). The third kappa shape index (κ3) is 4.18. The minimum atomic E-state index is -0.434. The van der Waals surface area contributed by atoms with Crippen molar-refractivity contribution in [3.8, 4) is 5.75 Å². The Bertz CT molecular complexity index is 1170. The molecule has 2 amide bonds. The zero-order valence-corrected chi connectivity index (χ0v) is 17.9. The maximum absolute atomic E-state index is 13.4. The Morgan fingerprint density at radius 2 is 1.65 bits per heavy atom. The van der Waals surface area contributed by atoms with Crippen LogP contribution in [0.3, 0.4) is 0 Å². The van der Waals surface area contributed by atoms with E-state index in [1.165, 1.54) is 0 Å². The zero-order chi connectivity index (χ0) is 22.0. The molecule has 0 spiro atoms. The molecular formula is C25H21ClN2O3. The number of hydrogen-bond donors (Lipinski definition) is 1. The van der Waals surface area contributed by atoms with Crippen LogP contribution >= 0.6 is 11.6 Å². The van der Waals surface area contributed by atoms with Crippen molar-refractivity contribution >= 4 is 40.4 Å². The summed E-state index contributed by atoms with van der Waals surface area (Å²) >= 11 is 6.11. The Balaban J connectivity index is 1.76. The lowest BCUT2D eigenvalue weighted by Gasteiger charge is -2.15. The molecule has 6 heteroatoms. The molecule has 0 radical (unpaired) electrons. The Hall–Kier alpha value is -3.57. The van der Waals surface area contributed by atoms with E-state index in [1.807, 2.05) is 62.4 Å². The normalized spacial score (nSPS) is 13.7. The molecule has 0 aliphatic carbocycles. The van der Waals surface area contributed by atoms with E-state index in [-0.39, 0.29) is 5.70 Å². The fourth-order valence-electron chi connectivity index (χ4n) is 3.43. The largest absolute Gasteiger partial charge is 0.494 e. The van der Waals surface area contributed by atoms with Crippen molar-refractivity contribution in [1.82, 2.24) is 0 Å². The average Bonchev–Trinajstić information content (AvgIpc) is 3.00. The van der Waals surface area contributed by atoms with Gasteiger partial charge in [0.05, 0.1) is 17.9 Å². The van der Waals surface area contributed by atoms with Gasteiger partial charge in [0, 0.05) is 10.7 Å². The molecule has 3 aromatic carbocycles. The van der Waals surface area contributed by atoms with Crippen molar-refractivity contribution in [1.29, 1.82) is 0 Å². The number of nitrogens with one attached hydrogen (secondary N) is 1. The SMILES string of the molecule is CCOc1ccc(NC2=C(c3ccc(C)cc3)C(=O)N(c3cccc(Cl)c3)C2=O)cc1. The quantitative estimate of drug-likeness (QED) is 0.526. The lowest BCUT2D eigenvalue weighted by molar-refractivity contribution is -0.120. The molecule has 1 aliphatic rings. The van der Waals surface area contributed by atoms with Crippen molar-refractivity contribution in [2.75, 3.05) is 16.8 Å². The highest BCUT2D eigenvalue weighted by molar-refractivity contribution is 6.46. The van der Waals surface area contributed by atoms with Crippen molar-refractivity contribution < 1.29 is 14.3 Å². The van der Waals surface area contributed by atoms with Gasteiger partial charge < -0.3 is 10.1 Å². The van der Waals surface area contributed by atoms with Crippen molar-refractivity contribution in [2.45, 2.75) is 13.8 Å². The molecule has 3 aromatic rings. The fraction of sp³-hybridized carbons (Fsp3) is 0.120. The first-order chi connectivity index (χ1) is 15.0. The predicted molar refractivity (Wildman–Crippen MR) is 123 cm³/mol. The smallest absolute Gasteiger partial charge is 0.282 e. The van der Waals surface area contributed by atoms with Gasteiger partial charge in [0.1, 0.15) is 11.4 Å². The van der Waals surface area contributed by atoms with E-state index in [0.29, 0.717) is 34.1 Å². The summed E-state index contributed by atoms with van der Waals surface area (Å²) in [4.78, 5) is 27.9. The van der Waals surface area contributed by atoms with E-state index in [4.69, 9.17) is 16.3 Å². The number of benzene rings is 3. The van der Waals surface area contributed by atoms with Crippen LogP contribution < -0.4 is 15.0 Å². The summed E-state index contributed by atoms with van der Waals surface area (Å²) in [6, 6.07) is 21.5. The van der Waals surface area contributed by atoms with Gasteiger partial charge in [-0.05, 0) is 61.9 Å². The molecule has 156 valence electrons. The molecule has 0 bridgehead atoms. The standard InChI is InChI=1S/C25H21ClN2O3/c1-3-31-21-13-11-19(12-14-21)27-23-22(17-9-7-16(2)8-10-17)24(29)28(25(23)30)20-6-4-5-18(26)15-20/h4-15,27H,3H2,1-2H3. The monoisotopic (exact) mass is 432 g/mol. The number of hydrogen-bond acceptors (Lipinski definition) is 4. The molecule has 0 saturated heterocycles. The van der Waals surface area contributed by atoms with Crippen LogP contribution in [0, 0.1) is 6.92 Å². The summed E-state index contributed by atoms with van der Waals surface area (Å²) in [5.74, 6) is -0.101. The molecule has 31 heavy (non-hydrogen) atoms. The number of nitrogens with zero attached hydrogens (tertiary/aromatic N) is 1. The highest BCUT2D eigenvalue weighted by Gasteiger charge is 2.40. The topological polar surface area (TPSA) is 58.6 Å². The third-order valence-corrected chi connectivity index (χ3v) is 5.16. The van der Waals surface area contributed by atoms with Crippen molar-refractivity contribution in [3.05, 3.63) is 94.6 Å². The first-order valence-electron chi connectivity index (χ1n) is 9.93. The van der Waals surface area contributed by atoms with Crippen molar-refractivity contribution in [3.63, 3.8) is 0 Å². The van der Waals surface area contributed by atoms with E-state index < -0.39 is 11.8 Å². The van der Waals surface area contributed by atoms with E-state index in [2.05, 4.69) is 5.32 Å². The molecule has 1 aliphatic heterocycles. The van der Waals surface area contributed by atoms with Gasteiger partial charge in [-0.2, -0.15) is 0 Å². The number of aryl methyl sites for hydroxylation is 1. The first kappa shape index (κ1) is 20.7. The van der Waals surface area contributed by atoms with Crippen LogP contribution in [0.2, 0.25) is 5.02 Å². The van der Waals surface area contributed by atoms with Crippen LogP contribution in [0.1, 0.15) is 18.1 Å². The fourth-order valence-corrected chi connectivity index (χ4v) is 3.61. The lowest BCUT2D eigenvalue weighted by Crippen LogP contribution is -2.32. The lowest BCUT2D eigenvalue weighted by atomic mass is 10.0. The van der Waals surface area contributed by atoms with E-state index in [9.17, 15) is 9.59 Å². The number of ether oxygens (including phenoxy) is 1. The van der Waals surface area contributed by atoms with Gasteiger partial charge in [-0.1, -0.05) is 47.5 Å². The number of carbonyl (C=O) groups is 2. The molecule has 1 heterocycles. The number of imide groups is 1. The highest BCUT2D eigenvalue weighted by Crippen LogP contribution is 2.34. The van der Waals surface area contributed by atoms with Gasteiger partial charge in [0.15, 0.2) is 0 Å². The average molecular weight is 433 g/mol. The third-order valence-electron chi connectivity index (χ3n) is 4.93. The first-order valence-corrected chi connectivity index (χ1v) is 10.3. The van der Waals surface area contributed by atoms with Gasteiger partial charge in [-0.25, -0.2) is 4.90 Å². The summed E-state index contributed by atoms with van der Waals surface area (Å²) in [7, 11) is 0. The minimum Gasteiger partial charge on any atom is -0.494 e. The molecule has 0 atom stereocenters. The second kappa shape index (κ2) is 8.66. The maximum atomic E-state index is 13.4. The number of halogens is 1. The van der Waals surface area contributed by atoms with Crippen LogP contribution in [0.5, 0.6) is 5.75 Å². The summed E-state index contributed by atoms with van der Waals surface area (Å²) in [6.07, 6.45) is 0. The Kier molecular flexibility index (Phi) is 5.78. The summed E-state index contributed by atoms with van der Waals surface area (Å²) < 4.78 is 5.48. The number of anilines is 2. The molecule has 0 fully saturated rings. The van der Waals surface area contributed by atoms with Crippen LogP contribution in [0.25, 0.3) is 5.57 Å². The number of amides is 2. The van der Waals surface area contributed by atoms with Crippen molar-refractivity contribution in [2.24, 2.45) is 0 Å². The van der Waals surface area contributed by atoms with Gasteiger partial charge in [-0.3, -0.25) is 9.59 Å². The minimum absolute atomic E-state index is 0.220. The van der Waals surface area contributed by atoms with E-state index in [0.717, 1.165) is 16.2 Å². The second-order valence-electron chi connectivity index (χ2n) is 7.12. The maximum Gasteiger partial charge on any atom is 0.282 e. The van der Waals surface area contributed by atoms with E-state index >= 15 is 0 Å². The summed E-state index contributed by atoms with van der Waals surface area (Å²) in [6.45, 7) is 4.45. The molecule has 5 nitrogen and oxygen atoms in total. The zero-order valence-electron chi connectivity index (χ0n) is 17.2. The summed E-state index contributed by atoms with van der Waals surface area (Å²) in [5.41, 5.74) is 3.38. The Morgan fingerprint density at radius 3 is 2.29 bits per heavy atom. The molecule has 0 unspecified atom stereocenters. The number of carbonyl (C=O) groups excluding carboxylic acids is 2. The molecular weight excluding hydrogens is 412 g/mol. The van der Waals surface area contributed by atoms with Crippen LogP contribution in [0.15, 0.2) is 78.5 Å². The van der Waals surface area contributed by atoms with Crippen LogP contribution in [-0.4, -0.2) is 18.4 Å². The molecule has 0 aromatic heterocycles. The Morgan fingerprint density at radius 1 is 0.935 bits per heavy atom. The predicted octanol–water partition coefficient (Wildman–Crippen LogP) is 5.44. The van der Waals surface area contributed by atoms with Gasteiger partial charge in [-0.15, -0.1) is 0 Å². The van der Waals surface area contributed by atoms with Gasteiger partial charge in [0.2, 0.25) is 0 Å². The van der Waals surface area contributed by atoms with Gasteiger partial charge >= 0.3 is 0 Å². The second-order valence-corrected chi connectivity index (χ2v) is 7.56. The molecule has 0 saturated carbocycles. The molecule has 1 N–H and O–H groups in total. The number of rotatable bonds is 6. The van der Waals surface area contributed by atoms with Crippen LogP contribution in [-0.2, 0) is 9.59 Å². The van der Waals surface area contributed by atoms with E-state index in [1.54, 1.807) is 24.3 Å². The van der Waals surface area contributed by atoms with Gasteiger partial charge in [0.25, 0.3) is 11.8 Å². The summed E-state index contributed by atoms with van der Waals surface area (Å²) in [5, 5.41) is 3.59.